The van der Waals surface area contributed by atoms with Gasteiger partial charge in [-0.2, -0.15) is 0 Å². The fraction of sp³-hybridized carbons (Fsp3) is 0. The molecule has 10 aromatic rings. The van der Waals surface area contributed by atoms with Crippen molar-refractivity contribution in [2.24, 2.45) is 0 Å². The number of fused-ring (bicyclic) bond motifs is 4. The SMILES string of the molecule is c1ccc(-c2ccc(-c3cc(-c4ccc5cc(-c6ccc7ccc8ccc(-c9ccccc9)nc8c7n6)ccc5c4)nc(-c4ccccc4)n3)cc2)cc1. The first kappa shape index (κ1) is 31.4. The van der Waals surface area contributed by atoms with Crippen molar-refractivity contribution in [3.05, 3.63) is 194 Å². The van der Waals surface area contributed by atoms with E-state index >= 15 is 0 Å². The average Bonchev–Trinajstić information content (AvgIpc) is 3.26. The van der Waals surface area contributed by atoms with Gasteiger partial charge in [0.05, 0.1) is 33.8 Å². The first-order valence-corrected chi connectivity index (χ1v) is 18.1. The van der Waals surface area contributed by atoms with Crippen molar-refractivity contribution in [3.63, 3.8) is 0 Å². The van der Waals surface area contributed by atoms with Crippen molar-refractivity contribution in [2.45, 2.75) is 0 Å². The molecule has 0 bridgehead atoms. The molecule has 252 valence electrons. The zero-order chi connectivity index (χ0) is 35.8. The lowest BCUT2D eigenvalue weighted by Gasteiger charge is -2.11. The highest BCUT2D eigenvalue weighted by molar-refractivity contribution is 6.04. The summed E-state index contributed by atoms with van der Waals surface area (Å²) in [5.74, 6) is 0.700. The van der Waals surface area contributed by atoms with Gasteiger partial charge in [-0.05, 0) is 52.2 Å². The minimum absolute atomic E-state index is 0.700. The van der Waals surface area contributed by atoms with Crippen LogP contribution in [0.15, 0.2) is 194 Å². The van der Waals surface area contributed by atoms with E-state index in [9.17, 15) is 0 Å². The maximum Gasteiger partial charge on any atom is 0.160 e. The van der Waals surface area contributed by atoms with Gasteiger partial charge in [0.15, 0.2) is 5.82 Å². The van der Waals surface area contributed by atoms with Crippen LogP contribution in [0.2, 0.25) is 0 Å². The number of aromatic nitrogens is 4. The quantitative estimate of drug-likeness (QED) is 0.163. The molecule has 0 aliphatic rings. The van der Waals surface area contributed by atoms with E-state index in [-0.39, 0.29) is 0 Å². The van der Waals surface area contributed by atoms with Crippen molar-refractivity contribution in [3.8, 4) is 67.5 Å². The zero-order valence-electron chi connectivity index (χ0n) is 29.3. The van der Waals surface area contributed by atoms with Crippen LogP contribution in [0.4, 0.5) is 0 Å². The minimum Gasteiger partial charge on any atom is -0.245 e. The van der Waals surface area contributed by atoms with Gasteiger partial charge in [-0.15, -0.1) is 0 Å². The molecule has 0 saturated carbocycles. The normalized spacial score (nSPS) is 11.3. The zero-order valence-corrected chi connectivity index (χ0v) is 29.3. The minimum atomic E-state index is 0.700. The molecule has 7 aromatic carbocycles. The molecule has 3 aromatic heterocycles. The van der Waals surface area contributed by atoms with E-state index < -0.39 is 0 Å². The molecule has 4 nitrogen and oxygen atoms in total. The first-order valence-electron chi connectivity index (χ1n) is 18.1. The Morgan fingerprint density at radius 2 is 0.593 bits per heavy atom. The lowest BCUT2D eigenvalue weighted by molar-refractivity contribution is 1.18. The third kappa shape index (κ3) is 5.96. The average molecular weight is 689 g/mol. The van der Waals surface area contributed by atoms with Gasteiger partial charge in [0, 0.05) is 38.6 Å². The van der Waals surface area contributed by atoms with E-state index in [1.807, 2.05) is 42.5 Å². The van der Waals surface area contributed by atoms with Crippen molar-refractivity contribution >= 4 is 32.6 Å². The molecule has 0 aliphatic heterocycles. The van der Waals surface area contributed by atoms with Gasteiger partial charge in [-0.25, -0.2) is 19.9 Å². The number of hydrogen-bond donors (Lipinski definition) is 0. The summed E-state index contributed by atoms with van der Waals surface area (Å²) < 4.78 is 0. The molecule has 54 heavy (non-hydrogen) atoms. The second kappa shape index (κ2) is 13.4. The summed E-state index contributed by atoms with van der Waals surface area (Å²) >= 11 is 0. The van der Waals surface area contributed by atoms with Gasteiger partial charge in [-0.1, -0.05) is 164 Å². The summed E-state index contributed by atoms with van der Waals surface area (Å²) in [4.78, 5) is 20.4. The second-order valence-corrected chi connectivity index (χ2v) is 13.5. The van der Waals surface area contributed by atoms with Crippen LogP contribution in [0, 0.1) is 0 Å². The lowest BCUT2D eigenvalue weighted by atomic mass is 9.99. The molecule has 0 aliphatic carbocycles. The Labute approximate surface area is 313 Å². The molecule has 0 amide bonds. The van der Waals surface area contributed by atoms with Crippen LogP contribution in [0.3, 0.4) is 0 Å². The predicted octanol–water partition coefficient (Wildman–Crippen LogP) is 12.7. The van der Waals surface area contributed by atoms with Gasteiger partial charge in [0.2, 0.25) is 0 Å². The van der Waals surface area contributed by atoms with Crippen molar-refractivity contribution in [2.75, 3.05) is 0 Å². The highest BCUT2D eigenvalue weighted by Gasteiger charge is 2.13. The van der Waals surface area contributed by atoms with Gasteiger partial charge < -0.3 is 0 Å². The maximum atomic E-state index is 5.20. The fourth-order valence-electron chi connectivity index (χ4n) is 7.19. The molecule has 3 heterocycles. The summed E-state index contributed by atoms with van der Waals surface area (Å²) in [7, 11) is 0. The smallest absolute Gasteiger partial charge is 0.160 e. The summed E-state index contributed by atoms with van der Waals surface area (Å²) in [6, 6.07) is 67.5. The van der Waals surface area contributed by atoms with E-state index in [2.05, 4.69) is 152 Å². The molecule has 0 unspecified atom stereocenters. The van der Waals surface area contributed by atoms with Crippen molar-refractivity contribution < 1.29 is 0 Å². The fourth-order valence-corrected chi connectivity index (χ4v) is 7.19. The second-order valence-electron chi connectivity index (χ2n) is 13.5. The van der Waals surface area contributed by atoms with Crippen LogP contribution in [0.1, 0.15) is 0 Å². The van der Waals surface area contributed by atoms with Gasteiger partial charge >= 0.3 is 0 Å². The van der Waals surface area contributed by atoms with Gasteiger partial charge in [0.1, 0.15) is 0 Å². The topological polar surface area (TPSA) is 51.6 Å². The van der Waals surface area contributed by atoms with Crippen LogP contribution < -0.4 is 0 Å². The summed E-state index contributed by atoms with van der Waals surface area (Å²) in [6.07, 6.45) is 0. The number of rotatable bonds is 6. The molecule has 0 spiro atoms. The summed E-state index contributed by atoms with van der Waals surface area (Å²) in [6.45, 7) is 0. The first-order chi connectivity index (χ1) is 26.7. The molecular weight excluding hydrogens is 657 g/mol. The monoisotopic (exact) mass is 688 g/mol. The van der Waals surface area contributed by atoms with E-state index in [1.165, 1.54) is 11.1 Å². The molecule has 0 atom stereocenters. The number of nitrogens with zero attached hydrogens (tertiary/aromatic N) is 4. The summed E-state index contributed by atoms with van der Waals surface area (Å²) in [5, 5.41) is 4.41. The lowest BCUT2D eigenvalue weighted by Crippen LogP contribution is -1.96. The molecule has 4 heteroatoms. The van der Waals surface area contributed by atoms with Crippen LogP contribution in [-0.2, 0) is 0 Å². The number of pyridine rings is 2. The largest absolute Gasteiger partial charge is 0.245 e. The molecule has 0 fully saturated rings. The third-order valence-corrected chi connectivity index (χ3v) is 10.1. The molecular formula is C50H32N4. The Morgan fingerprint density at radius 3 is 1.17 bits per heavy atom. The van der Waals surface area contributed by atoms with Crippen LogP contribution in [0.25, 0.3) is 100 Å². The van der Waals surface area contributed by atoms with Crippen molar-refractivity contribution in [1.29, 1.82) is 0 Å². The third-order valence-electron chi connectivity index (χ3n) is 10.1. The Morgan fingerprint density at radius 1 is 0.222 bits per heavy atom. The van der Waals surface area contributed by atoms with Gasteiger partial charge in [-0.3, -0.25) is 0 Å². The highest BCUT2D eigenvalue weighted by atomic mass is 14.9. The van der Waals surface area contributed by atoms with E-state index in [1.54, 1.807) is 0 Å². The van der Waals surface area contributed by atoms with Crippen LogP contribution in [-0.4, -0.2) is 19.9 Å². The van der Waals surface area contributed by atoms with E-state index in [0.29, 0.717) is 5.82 Å². The molecule has 10 rings (SSSR count). The highest BCUT2D eigenvalue weighted by Crippen LogP contribution is 2.33. The molecule has 0 N–H and O–H groups in total. The number of hydrogen-bond acceptors (Lipinski definition) is 4. The Balaban J connectivity index is 1.02. The Kier molecular flexibility index (Phi) is 7.77. The van der Waals surface area contributed by atoms with Crippen molar-refractivity contribution in [1.82, 2.24) is 19.9 Å². The Hall–Kier alpha value is -7.30. The standard InChI is InChI=1S/C50H32N4/c1-4-10-33(11-5-1)34-16-18-36(19-17-34)46-32-47(54-50(53-46)39-14-8-3-9-15-39)43-25-23-40-30-42(24-22-41(40)31-43)45-29-27-38-21-20-37-26-28-44(35-12-6-2-7-13-35)51-48(37)49(38)52-45/h1-32H. The number of benzene rings is 7. The summed E-state index contributed by atoms with van der Waals surface area (Å²) in [5.41, 5.74) is 13.0. The molecule has 0 radical (unpaired) electrons. The Bertz CT molecular complexity index is 2960. The van der Waals surface area contributed by atoms with E-state index in [0.717, 1.165) is 83.2 Å². The van der Waals surface area contributed by atoms with Crippen LogP contribution >= 0.6 is 0 Å². The van der Waals surface area contributed by atoms with Crippen LogP contribution in [0.5, 0.6) is 0 Å². The molecule has 0 saturated heterocycles. The van der Waals surface area contributed by atoms with Gasteiger partial charge in [0.25, 0.3) is 0 Å². The predicted molar refractivity (Wildman–Crippen MR) is 223 cm³/mol. The van der Waals surface area contributed by atoms with E-state index in [4.69, 9.17) is 19.9 Å². The maximum absolute atomic E-state index is 5.20.